The second-order valence-electron chi connectivity index (χ2n) is 5.30. The highest BCUT2D eigenvalue weighted by Gasteiger charge is 2.23. The van der Waals surface area contributed by atoms with Gasteiger partial charge in [0.15, 0.2) is 0 Å². The maximum Gasteiger partial charge on any atom is 0.0786 e. The maximum atomic E-state index is 2.34. The molecule has 0 N–H and O–H groups in total. The highest BCUT2D eigenvalue weighted by molar-refractivity contribution is 4.47. The average Bonchev–Trinajstić information content (AvgIpc) is 2.26. The van der Waals surface area contributed by atoms with Crippen molar-refractivity contribution in [1.82, 2.24) is 0 Å². The van der Waals surface area contributed by atoms with E-state index >= 15 is 0 Å². The molecule has 0 radical (unpaired) electrons. The predicted octanol–water partition coefficient (Wildman–Crippen LogP) is 1.62. The third kappa shape index (κ3) is 9.07. The summed E-state index contributed by atoms with van der Waals surface area (Å²) in [5, 5.41) is 0. The molecule has 17 heavy (non-hydrogen) atoms. The Balaban J connectivity index is 0. The summed E-state index contributed by atoms with van der Waals surface area (Å²) >= 11 is 0. The smallest absolute Gasteiger partial charge is 0.0786 e. The molecule has 0 saturated carbocycles. The van der Waals surface area contributed by atoms with Gasteiger partial charge >= 0.3 is 0 Å². The van der Waals surface area contributed by atoms with Crippen LogP contribution in [0.5, 0.6) is 0 Å². The minimum Gasteiger partial charge on any atom is -1.00 e. The van der Waals surface area contributed by atoms with Crippen LogP contribution in [0.15, 0.2) is 0 Å². The van der Waals surface area contributed by atoms with Gasteiger partial charge in [0.1, 0.15) is 0 Å². The van der Waals surface area contributed by atoms with Crippen LogP contribution >= 0.6 is 0 Å². The first-order valence-corrected chi connectivity index (χ1v) is 7.59. The number of quaternary nitrogens is 1. The van der Waals surface area contributed by atoms with Crippen LogP contribution in [0.2, 0.25) is 0 Å². The molecule has 0 unspecified atom stereocenters. The molecule has 0 saturated heterocycles. The van der Waals surface area contributed by atoms with Crippen molar-refractivity contribution in [3.8, 4) is 0 Å². The van der Waals surface area contributed by atoms with Crippen molar-refractivity contribution < 1.29 is 21.5 Å². The zero-order valence-corrected chi connectivity index (χ0v) is 14.2. The molecule has 0 aromatic carbocycles. The van der Waals surface area contributed by atoms with E-state index in [4.69, 9.17) is 0 Å². The third-order valence-electron chi connectivity index (χ3n) is 3.58. The molecule has 0 rings (SSSR count). The summed E-state index contributed by atoms with van der Waals surface area (Å²) in [4.78, 5) is 0. The topological polar surface area (TPSA) is 0 Å². The monoisotopic (exact) mass is 307 g/mol. The van der Waals surface area contributed by atoms with Crippen LogP contribution in [0, 0.1) is 0 Å². The summed E-state index contributed by atoms with van der Waals surface area (Å²) in [6, 6.07) is 0. The highest BCUT2D eigenvalue weighted by Crippen LogP contribution is 2.14. The van der Waals surface area contributed by atoms with Gasteiger partial charge in [-0.05, 0) is 32.1 Å². The van der Waals surface area contributed by atoms with E-state index < -0.39 is 0 Å². The van der Waals surface area contributed by atoms with Gasteiger partial charge in [-0.15, -0.1) is 0 Å². The number of hydrogen-bond donors (Lipinski definition) is 0. The van der Waals surface area contributed by atoms with Crippen molar-refractivity contribution in [3.05, 3.63) is 0 Å². The number of rotatable bonds is 11. The fraction of sp³-hybridized carbons (Fsp3) is 1.00. The molecule has 0 spiro atoms. The van der Waals surface area contributed by atoms with Crippen molar-refractivity contribution in [1.29, 1.82) is 0 Å². The van der Waals surface area contributed by atoms with Crippen molar-refractivity contribution in [2.45, 2.75) is 72.6 Å². The van der Waals surface area contributed by atoms with Crippen molar-refractivity contribution >= 4 is 0 Å². The summed E-state index contributed by atoms with van der Waals surface area (Å²) in [6.07, 6.45) is 9.68. The summed E-state index contributed by atoms with van der Waals surface area (Å²) in [7, 11) is 0. The minimum atomic E-state index is 0. The molecule has 0 aromatic heterocycles. The van der Waals surface area contributed by atoms with Gasteiger partial charge < -0.3 is 21.5 Å². The lowest BCUT2D eigenvalue weighted by molar-refractivity contribution is -0.928. The van der Waals surface area contributed by atoms with Crippen LogP contribution in [-0.4, -0.2) is 30.7 Å². The van der Waals surface area contributed by atoms with Crippen LogP contribution in [-0.2, 0) is 0 Å². The molecule has 0 aliphatic rings. The quantitative estimate of drug-likeness (QED) is 0.402. The number of hydrogen-bond acceptors (Lipinski definition) is 0. The summed E-state index contributed by atoms with van der Waals surface area (Å²) in [5.41, 5.74) is 0. The molecule has 0 aliphatic heterocycles. The van der Waals surface area contributed by atoms with Crippen LogP contribution in [0.25, 0.3) is 0 Å². The molecule has 0 heterocycles. The van der Waals surface area contributed by atoms with Crippen LogP contribution < -0.4 is 17.0 Å². The SMILES string of the molecule is CCCCCC[N+](CCC)(CCC)CCC.[Br-]. The molecule has 2 heteroatoms. The molecule has 106 valence electrons. The Morgan fingerprint density at radius 2 is 1.00 bits per heavy atom. The zero-order chi connectivity index (χ0) is 12.3. The second kappa shape index (κ2) is 12.9. The van der Waals surface area contributed by atoms with Crippen LogP contribution in [0.3, 0.4) is 0 Å². The molecular formula is C15H34BrN. The van der Waals surface area contributed by atoms with E-state index in [-0.39, 0.29) is 17.0 Å². The highest BCUT2D eigenvalue weighted by atomic mass is 79.9. The Hall–Kier alpha value is 0.440. The maximum absolute atomic E-state index is 2.34. The van der Waals surface area contributed by atoms with E-state index in [0.717, 1.165) is 0 Å². The Kier molecular flexibility index (Phi) is 15.0. The van der Waals surface area contributed by atoms with E-state index in [1.54, 1.807) is 0 Å². The van der Waals surface area contributed by atoms with Gasteiger partial charge in [0, 0.05) is 0 Å². The van der Waals surface area contributed by atoms with Gasteiger partial charge in [0.05, 0.1) is 26.2 Å². The largest absolute Gasteiger partial charge is 1.00 e. The van der Waals surface area contributed by atoms with Gasteiger partial charge in [0.25, 0.3) is 0 Å². The van der Waals surface area contributed by atoms with Gasteiger partial charge in [-0.2, -0.15) is 0 Å². The predicted molar refractivity (Wildman–Crippen MR) is 74.7 cm³/mol. The molecule has 0 bridgehead atoms. The Labute approximate surface area is 120 Å². The summed E-state index contributed by atoms with van der Waals surface area (Å²) in [5.74, 6) is 0. The first-order valence-electron chi connectivity index (χ1n) is 7.59. The number of unbranched alkanes of at least 4 members (excludes halogenated alkanes) is 3. The van der Waals surface area contributed by atoms with Gasteiger partial charge in [-0.1, -0.05) is 40.5 Å². The van der Waals surface area contributed by atoms with Gasteiger partial charge in [-0.25, -0.2) is 0 Å². The molecule has 0 fully saturated rings. The minimum absolute atomic E-state index is 0. The fourth-order valence-corrected chi connectivity index (χ4v) is 2.97. The van der Waals surface area contributed by atoms with Gasteiger partial charge in [0.2, 0.25) is 0 Å². The summed E-state index contributed by atoms with van der Waals surface area (Å²) < 4.78 is 1.40. The molecule has 0 atom stereocenters. The molecule has 0 aliphatic carbocycles. The first kappa shape index (κ1) is 19.8. The fourth-order valence-electron chi connectivity index (χ4n) is 2.97. The van der Waals surface area contributed by atoms with Crippen LogP contribution in [0.4, 0.5) is 0 Å². The lowest BCUT2D eigenvalue weighted by Crippen LogP contribution is -3.00. The zero-order valence-electron chi connectivity index (χ0n) is 12.6. The van der Waals surface area contributed by atoms with E-state index in [9.17, 15) is 0 Å². The second-order valence-corrected chi connectivity index (χ2v) is 5.30. The molecule has 0 aromatic rings. The Bertz CT molecular complexity index is 131. The number of nitrogens with zero attached hydrogens (tertiary/aromatic N) is 1. The van der Waals surface area contributed by atoms with Crippen LogP contribution in [0.1, 0.15) is 72.6 Å². The van der Waals surface area contributed by atoms with Crippen molar-refractivity contribution in [2.24, 2.45) is 0 Å². The Morgan fingerprint density at radius 1 is 0.529 bits per heavy atom. The lowest BCUT2D eigenvalue weighted by atomic mass is 10.1. The van der Waals surface area contributed by atoms with E-state index in [2.05, 4.69) is 27.7 Å². The van der Waals surface area contributed by atoms with E-state index in [1.165, 1.54) is 75.6 Å². The normalized spacial score (nSPS) is 11.3. The van der Waals surface area contributed by atoms with Gasteiger partial charge in [-0.3, -0.25) is 0 Å². The molecule has 0 amide bonds. The Morgan fingerprint density at radius 3 is 1.35 bits per heavy atom. The lowest BCUT2D eigenvalue weighted by Gasteiger charge is -2.38. The third-order valence-corrected chi connectivity index (χ3v) is 3.58. The van der Waals surface area contributed by atoms with E-state index in [1.807, 2.05) is 0 Å². The summed E-state index contributed by atoms with van der Waals surface area (Å²) in [6.45, 7) is 14.9. The average molecular weight is 308 g/mol. The molecule has 1 nitrogen and oxygen atoms in total. The number of halogens is 1. The van der Waals surface area contributed by atoms with E-state index in [0.29, 0.717) is 0 Å². The van der Waals surface area contributed by atoms with Crippen molar-refractivity contribution in [2.75, 3.05) is 26.2 Å². The first-order chi connectivity index (χ1) is 7.74. The molecular weight excluding hydrogens is 274 g/mol. The van der Waals surface area contributed by atoms with Crippen molar-refractivity contribution in [3.63, 3.8) is 0 Å². The standard InChI is InChI=1S/C15H34N.BrH/c1-5-9-10-11-15-16(12-6-2,13-7-3)14-8-4;/h5-15H2,1-4H3;1H/q+1;/p-1.